The molecule has 0 bridgehead atoms. The molecule has 1 amide bonds. The first-order chi connectivity index (χ1) is 9.20. The second kappa shape index (κ2) is 6.43. The zero-order valence-corrected chi connectivity index (χ0v) is 11.1. The predicted octanol–water partition coefficient (Wildman–Crippen LogP) is 1.27. The lowest BCUT2D eigenvalue weighted by Gasteiger charge is -2.23. The molecule has 0 aliphatic carbocycles. The SMILES string of the molecule is COc1ccc(C(=O)NCC2CCCCN2)cc1O. The van der Waals surface area contributed by atoms with Crippen LogP contribution < -0.4 is 15.4 Å². The maximum Gasteiger partial charge on any atom is 0.251 e. The van der Waals surface area contributed by atoms with Gasteiger partial charge in [0.15, 0.2) is 11.5 Å². The highest BCUT2D eigenvalue weighted by atomic mass is 16.5. The van der Waals surface area contributed by atoms with E-state index in [0.29, 0.717) is 23.9 Å². The van der Waals surface area contributed by atoms with Crippen LogP contribution in [0.3, 0.4) is 0 Å². The number of piperidine rings is 1. The monoisotopic (exact) mass is 264 g/mol. The number of hydrogen-bond donors (Lipinski definition) is 3. The van der Waals surface area contributed by atoms with Crippen molar-refractivity contribution < 1.29 is 14.6 Å². The van der Waals surface area contributed by atoms with Crippen LogP contribution in [-0.4, -0.2) is 37.3 Å². The molecule has 19 heavy (non-hydrogen) atoms. The lowest BCUT2D eigenvalue weighted by molar-refractivity contribution is 0.0947. The van der Waals surface area contributed by atoms with Crippen molar-refractivity contribution in [3.63, 3.8) is 0 Å². The zero-order valence-electron chi connectivity index (χ0n) is 11.1. The molecule has 0 aromatic heterocycles. The maximum absolute atomic E-state index is 11.9. The number of methoxy groups -OCH3 is 1. The number of carbonyl (C=O) groups is 1. The number of ether oxygens (including phenoxy) is 1. The number of hydrogen-bond acceptors (Lipinski definition) is 4. The summed E-state index contributed by atoms with van der Waals surface area (Å²) in [5.41, 5.74) is 0.439. The average molecular weight is 264 g/mol. The summed E-state index contributed by atoms with van der Waals surface area (Å²) in [4.78, 5) is 11.9. The van der Waals surface area contributed by atoms with Crippen molar-refractivity contribution in [2.75, 3.05) is 20.2 Å². The van der Waals surface area contributed by atoms with Gasteiger partial charge in [0.25, 0.3) is 5.91 Å². The summed E-state index contributed by atoms with van der Waals surface area (Å²) in [7, 11) is 1.48. The number of benzene rings is 1. The average Bonchev–Trinajstić information content (AvgIpc) is 2.45. The molecule has 5 nitrogen and oxygen atoms in total. The standard InChI is InChI=1S/C14H20N2O3/c1-19-13-6-5-10(8-12(13)17)14(18)16-9-11-4-2-3-7-15-11/h5-6,8,11,15,17H,2-4,7,9H2,1H3,(H,16,18). The van der Waals surface area contributed by atoms with Gasteiger partial charge in [-0.3, -0.25) is 4.79 Å². The van der Waals surface area contributed by atoms with Crippen molar-refractivity contribution in [2.45, 2.75) is 25.3 Å². The Bertz CT molecular complexity index is 442. The maximum atomic E-state index is 11.9. The minimum atomic E-state index is -0.176. The fourth-order valence-electron chi connectivity index (χ4n) is 2.25. The van der Waals surface area contributed by atoms with Gasteiger partial charge in [0.2, 0.25) is 0 Å². The molecule has 0 saturated carbocycles. The minimum absolute atomic E-state index is 0.0223. The third-order valence-electron chi connectivity index (χ3n) is 3.36. The molecule has 2 rings (SSSR count). The molecule has 1 aliphatic heterocycles. The van der Waals surface area contributed by atoms with Crippen molar-refractivity contribution in [3.8, 4) is 11.5 Å². The van der Waals surface area contributed by atoms with E-state index < -0.39 is 0 Å². The Morgan fingerprint density at radius 3 is 3.00 bits per heavy atom. The quantitative estimate of drug-likeness (QED) is 0.766. The van der Waals surface area contributed by atoms with E-state index in [0.717, 1.165) is 13.0 Å². The molecule has 5 heteroatoms. The number of phenols is 1. The van der Waals surface area contributed by atoms with Gasteiger partial charge in [-0.25, -0.2) is 0 Å². The lowest BCUT2D eigenvalue weighted by atomic mass is 10.0. The van der Waals surface area contributed by atoms with E-state index in [2.05, 4.69) is 10.6 Å². The van der Waals surface area contributed by atoms with Crippen LogP contribution in [0.2, 0.25) is 0 Å². The molecular formula is C14H20N2O3. The highest BCUT2D eigenvalue weighted by Crippen LogP contribution is 2.26. The summed E-state index contributed by atoms with van der Waals surface area (Å²) >= 11 is 0. The molecule has 1 unspecified atom stereocenters. The third-order valence-corrected chi connectivity index (χ3v) is 3.36. The van der Waals surface area contributed by atoms with Crippen LogP contribution >= 0.6 is 0 Å². The van der Waals surface area contributed by atoms with Crippen LogP contribution in [-0.2, 0) is 0 Å². The predicted molar refractivity (Wildman–Crippen MR) is 72.6 cm³/mol. The number of phenolic OH excluding ortho intramolecular Hbond substituents is 1. The molecule has 0 radical (unpaired) electrons. The van der Waals surface area contributed by atoms with Crippen molar-refractivity contribution in [2.24, 2.45) is 0 Å². The summed E-state index contributed by atoms with van der Waals surface area (Å²) in [6, 6.07) is 5.00. The van der Waals surface area contributed by atoms with Crippen LogP contribution in [0.25, 0.3) is 0 Å². The Balaban J connectivity index is 1.90. The van der Waals surface area contributed by atoms with Gasteiger partial charge in [-0.2, -0.15) is 0 Å². The van der Waals surface area contributed by atoms with Crippen LogP contribution in [0, 0.1) is 0 Å². The molecule has 1 fully saturated rings. The van der Waals surface area contributed by atoms with Gasteiger partial charge < -0.3 is 20.5 Å². The second-order valence-electron chi connectivity index (χ2n) is 4.74. The van der Waals surface area contributed by atoms with Gasteiger partial charge in [-0.05, 0) is 37.6 Å². The fourth-order valence-corrected chi connectivity index (χ4v) is 2.25. The largest absolute Gasteiger partial charge is 0.504 e. The molecule has 1 heterocycles. The van der Waals surface area contributed by atoms with Crippen molar-refractivity contribution >= 4 is 5.91 Å². The molecule has 1 aromatic carbocycles. The number of nitrogens with one attached hydrogen (secondary N) is 2. The van der Waals surface area contributed by atoms with Gasteiger partial charge in [-0.1, -0.05) is 6.42 Å². The number of rotatable bonds is 4. The smallest absolute Gasteiger partial charge is 0.251 e. The molecule has 1 aliphatic rings. The minimum Gasteiger partial charge on any atom is -0.504 e. The van der Waals surface area contributed by atoms with E-state index in [1.54, 1.807) is 12.1 Å². The first-order valence-corrected chi connectivity index (χ1v) is 6.59. The second-order valence-corrected chi connectivity index (χ2v) is 4.74. The van der Waals surface area contributed by atoms with E-state index in [1.165, 1.54) is 26.0 Å². The normalized spacial score (nSPS) is 18.9. The van der Waals surface area contributed by atoms with E-state index in [9.17, 15) is 9.90 Å². The Labute approximate surface area is 113 Å². The first kappa shape index (κ1) is 13.7. The molecule has 104 valence electrons. The van der Waals surface area contributed by atoms with Crippen molar-refractivity contribution in [1.29, 1.82) is 0 Å². The van der Waals surface area contributed by atoms with Crippen LogP contribution in [0.5, 0.6) is 11.5 Å². The van der Waals surface area contributed by atoms with E-state index in [1.807, 2.05) is 0 Å². The summed E-state index contributed by atoms with van der Waals surface area (Å²) < 4.78 is 4.94. The highest BCUT2D eigenvalue weighted by molar-refractivity contribution is 5.94. The Morgan fingerprint density at radius 2 is 2.37 bits per heavy atom. The van der Waals surface area contributed by atoms with E-state index >= 15 is 0 Å². The first-order valence-electron chi connectivity index (χ1n) is 6.59. The topological polar surface area (TPSA) is 70.6 Å². The Kier molecular flexibility index (Phi) is 4.63. The Morgan fingerprint density at radius 1 is 1.53 bits per heavy atom. The van der Waals surface area contributed by atoms with E-state index in [4.69, 9.17) is 4.74 Å². The van der Waals surface area contributed by atoms with E-state index in [-0.39, 0.29) is 11.7 Å². The summed E-state index contributed by atoms with van der Waals surface area (Å²) in [6.07, 6.45) is 3.50. The molecular weight excluding hydrogens is 244 g/mol. The van der Waals surface area contributed by atoms with Gasteiger partial charge in [0.1, 0.15) is 0 Å². The molecule has 1 aromatic rings. The molecule has 0 spiro atoms. The lowest BCUT2D eigenvalue weighted by Crippen LogP contribution is -2.43. The van der Waals surface area contributed by atoms with Gasteiger partial charge in [0.05, 0.1) is 7.11 Å². The number of amides is 1. The van der Waals surface area contributed by atoms with Crippen molar-refractivity contribution in [1.82, 2.24) is 10.6 Å². The van der Waals surface area contributed by atoms with Crippen molar-refractivity contribution in [3.05, 3.63) is 23.8 Å². The third kappa shape index (κ3) is 3.61. The van der Waals surface area contributed by atoms with Gasteiger partial charge in [-0.15, -0.1) is 0 Å². The molecule has 1 atom stereocenters. The fraction of sp³-hybridized carbons (Fsp3) is 0.500. The molecule has 3 N–H and O–H groups in total. The van der Waals surface area contributed by atoms with Gasteiger partial charge in [0, 0.05) is 18.2 Å². The highest BCUT2D eigenvalue weighted by Gasteiger charge is 2.14. The number of aromatic hydroxyl groups is 1. The van der Waals surface area contributed by atoms with Gasteiger partial charge >= 0.3 is 0 Å². The zero-order chi connectivity index (χ0) is 13.7. The Hall–Kier alpha value is -1.75. The summed E-state index contributed by atoms with van der Waals surface area (Å²) in [6.45, 7) is 1.63. The molecule has 1 saturated heterocycles. The van der Waals surface area contributed by atoms with Crippen LogP contribution in [0.15, 0.2) is 18.2 Å². The summed E-state index contributed by atoms with van der Waals surface area (Å²) in [5, 5.41) is 15.9. The van der Waals surface area contributed by atoms with Crippen LogP contribution in [0.4, 0.5) is 0 Å². The summed E-state index contributed by atoms with van der Waals surface area (Å²) in [5.74, 6) is 0.168. The number of carbonyl (C=O) groups excluding carboxylic acids is 1. The van der Waals surface area contributed by atoms with Crippen LogP contribution in [0.1, 0.15) is 29.6 Å².